The zero-order valence-electron chi connectivity index (χ0n) is 7.84. The van der Waals surface area contributed by atoms with Gasteiger partial charge < -0.3 is 4.42 Å². The topological polar surface area (TPSA) is 59.3 Å². The molecule has 3 rings (SSSR count). The average Bonchev–Trinajstić information content (AvgIpc) is 2.77. The molecule has 0 bridgehead atoms. The van der Waals surface area contributed by atoms with Gasteiger partial charge in [0.15, 0.2) is 0 Å². The van der Waals surface area contributed by atoms with E-state index in [0.717, 1.165) is 0 Å². The van der Waals surface area contributed by atoms with Crippen LogP contribution in [0.2, 0.25) is 10.2 Å². The molecule has 6 heteroatoms. The zero-order valence-corrected chi connectivity index (χ0v) is 9.35. The van der Waals surface area contributed by atoms with E-state index in [1.54, 1.807) is 12.2 Å². The molecule has 1 aliphatic carbocycles. The van der Waals surface area contributed by atoms with Gasteiger partial charge in [0.1, 0.15) is 16.2 Å². The van der Waals surface area contributed by atoms with E-state index < -0.39 is 5.41 Å². The fourth-order valence-electron chi connectivity index (χ4n) is 2.19. The minimum atomic E-state index is -1.03. The van der Waals surface area contributed by atoms with Crippen molar-refractivity contribution in [2.75, 3.05) is 0 Å². The van der Waals surface area contributed by atoms with Gasteiger partial charge >= 0.3 is 0 Å². The molecule has 1 aliphatic heterocycles. The van der Waals surface area contributed by atoms with Crippen LogP contribution in [0.1, 0.15) is 17.7 Å². The minimum absolute atomic E-state index is 0.0440. The average molecular weight is 258 g/mol. The molecule has 1 fully saturated rings. The predicted octanol–water partition coefficient (Wildman–Crippen LogP) is 1.90. The standard InChI is InChI=1S/C10H5Cl2NO3/c11-7-6-4(16-8(7)12)1-2-10(6)3-5(14)13-9(10)15/h1-2H,3H2,(H,13,14,15). The quantitative estimate of drug-likeness (QED) is 0.723. The van der Waals surface area contributed by atoms with Gasteiger partial charge in [0, 0.05) is 12.0 Å². The van der Waals surface area contributed by atoms with E-state index in [4.69, 9.17) is 27.6 Å². The maximum Gasteiger partial charge on any atom is 0.241 e. The Morgan fingerprint density at radius 2 is 2.12 bits per heavy atom. The molecule has 1 atom stereocenters. The number of imide groups is 1. The monoisotopic (exact) mass is 257 g/mol. The second-order valence-corrected chi connectivity index (χ2v) is 4.51. The lowest BCUT2D eigenvalue weighted by Gasteiger charge is -2.16. The highest BCUT2D eigenvalue weighted by molar-refractivity contribution is 6.42. The largest absolute Gasteiger partial charge is 0.443 e. The fraction of sp³-hybridized carbons (Fsp3) is 0.200. The second-order valence-electron chi connectivity index (χ2n) is 3.79. The molecule has 1 spiro atoms. The summed E-state index contributed by atoms with van der Waals surface area (Å²) in [7, 11) is 0. The Labute approximate surface area is 100 Å². The van der Waals surface area contributed by atoms with Crippen LogP contribution in [0.5, 0.6) is 0 Å². The van der Waals surface area contributed by atoms with E-state index in [1.807, 2.05) is 0 Å². The van der Waals surface area contributed by atoms with E-state index in [9.17, 15) is 9.59 Å². The normalized spacial score (nSPS) is 26.6. The van der Waals surface area contributed by atoms with E-state index in [1.165, 1.54) is 0 Å². The third kappa shape index (κ3) is 1.01. The van der Waals surface area contributed by atoms with Gasteiger partial charge in [-0.25, -0.2) is 0 Å². The van der Waals surface area contributed by atoms with Crippen LogP contribution in [0.15, 0.2) is 10.5 Å². The summed E-state index contributed by atoms with van der Waals surface area (Å²) in [6.45, 7) is 0. The van der Waals surface area contributed by atoms with E-state index in [0.29, 0.717) is 11.3 Å². The number of hydrogen-bond donors (Lipinski definition) is 1. The van der Waals surface area contributed by atoms with Gasteiger partial charge in [-0.2, -0.15) is 0 Å². The smallest absolute Gasteiger partial charge is 0.241 e. The van der Waals surface area contributed by atoms with Gasteiger partial charge in [-0.1, -0.05) is 17.7 Å². The van der Waals surface area contributed by atoms with Crippen LogP contribution in [-0.2, 0) is 15.0 Å². The first kappa shape index (κ1) is 9.93. The molecule has 1 aromatic rings. The fourth-order valence-corrected chi connectivity index (χ4v) is 2.66. The third-order valence-corrected chi connectivity index (χ3v) is 3.62. The first-order valence-electron chi connectivity index (χ1n) is 4.56. The molecular weight excluding hydrogens is 253 g/mol. The number of carbonyl (C=O) groups is 2. The third-order valence-electron chi connectivity index (χ3n) is 2.90. The highest BCUT2D eigenvalue weighted by Crippen LogP contribution is 2.48. The molecule has 2 amide bonds. The molecule has 2 aliphatic rings. The maximum atomic E-state index is 11.8. The molecule has 16 heavy (non-hydrogen) atoms. The molecule has 0 radical (unpaired) electrons. The van der Waals surface area contributed by atoms with Crippen LogP contribution in [-0.4, -0.2) is 11.8 Å². The van der Waals surface area contributed by atoms with Crippen molar-refractivity contribution in [1.29, 1.82) is 0 Å². The number of furan rings is 1. The summed E-state index contributed by atoms with van der Waals surface area (Å²) in [5.74, 6) is -0.261. The summed E-state index contributed by atoms with van der Waals surface area (Å²) in [6.07, 6.45) is 3.29. The van der Waals surface area contributed by atoms with Gasteiger partial charge in [-0.15, -0.1) is 0 Å². The van der Waals surface area contributed by atoms with Crippen molar-refractivity contribution in [2.24, 2.45) is 0 Å². The molecule has 0 aromatic carbocycles. The Hall–Kier alpha value is -1.26. The summed E-state index contributed by atoms with van der Waals surface area (Å²) in [5, 5.41) is 2.50. The van der Waals surface area contributed by atoms with Gasteiger partial charge in [-0.3, -0.25) is 14.9 Å². The number of rotatable bonds is 0. The van der Waals surface area contributed by atoms with Gasteiger partial charge in [0.2, 0.25) is 17.0 Å². The summed E-state index contributed by atoms with van der Waals surface area (Å²) >= 11 is 11.7. The predicted molar refractivity (Wildman–Crippen MR) is 57.2 cm³/mol. The maximum absolute atomic E-state index is 11.8. The molecule has 82 valence electrons. The summed E-state index contributed by atoms with van der Waals surface area (Å²) < 4.78 is 5.18. The number of carbonyl (C=O) groups excluding carboxylic acids is 2. The number of halogens is 2. The highest BCUT2D eigenvalue weighted by atomic mass is 35.5. The van der Waals surface area contributed by atoms with E-state index >= 15 is 0 Å². The lowest BCUT2D eigenvalue weighted by atomic mass is 9.82. The van der Waals surface area contributed by atoms with Crippen molar-refractivity contribution in [3.05, 3.63) is 27.6 Å². The molecular formula is C10H5Cl2NO3. The van der Waals surface area contributed by atoms with Crippen LogP contribution in [0.4, 0.5) is 0 Å². The minimum Gasteiger partial charge on any atom is -0.443 e. The van der Waals surface area contributed by atoms with Crippen molar-refractivity contribution in [2.45, 2.75) is 11.8 Å². The van der Waals surface area contributed by atoms with Crippen molar-refractivity contribution in [1.82, 2.24) is 5.32 Å². The summed E-state index contributed by atoms with van der Waals surface area (Å²) in [5.41, 5.74) is -0.539. The van der Waals surface area contributed by atoms with Crippen LogP contribution in [0.25, 0.3) is 6.08 Å². The molecule has 1 saturated heterocycles. The van der Waals surface area contributed by atoms with Gasteiger partial charge in [0.05, 0.1) is 0 Å². The Kier molecular flexibility index (Phi) is 1.80. The molecule has 0 saturated carbocycles. The van der Waals surface area contributed by atoms with Gasteiger partial charge in [0.25, 0.3) is 0 Å². The first-order chi connectivity index (χ1) is 7.54. The number of hydrogen-bond acceptors (Lipinski definition) is 3. The molecule has 1 N–H and O–H groups in total. The van der Waals surface area contributed by atoms with Crippen molar-refractivity contribution < 1.29 is 14.0 Å². The molecule has 1 aromatic heterocycles. The Balaban J connectivity index is 2.26. The van der Waals surface area contributed by atoms with Crippen LogP contribution < -0.4 is 5.32 Å². The number of nitrogens with one attached hydrogen (secondary N) is 1. The van der Waals surface area contributed by atoms with Crippen molar-refractivity contribution >= 4 is 41.1 Å². The SMILES string of the molecule is O=C1CC2(C=Cc3oc(Cl)c(Cl)c32)C(=O)N1. The molecule has 1 unspecified atom stereocenters. The Morgan fingerprint density at radius 1 is 1.38 bits per heavy atom. The van der Waals surface area contributed by atoms with Crippen LogP contribution in [0, 0.1) is 0 Å². The molecule has 2 heterocycles. The highest BCUT2D eigenvalue weighted by Gasteiger charge is 2.52. The van der Waals surface area contributed by atoms with Crippen molar-refractivity contribution in [3.63, 3.8) is 0 Å². The lowest BCUT2D eigenvalue weighted by molar-refractivity contribution is -0.125. The summed E-state index contributed by atoms with van der Waals surface area (Å²) in [4.78, 5) is 23.1. The lowest BCUT2D eigenvalue weighted by Crippen LogP contribution is -2.32. The Morgan fingerprint density at radius 3 is 2.75 bits per heavy atom. The molecule has 4 nitrogen and oxygen atoms in total. The second kappa shape index (κ2) is 2.90. The number of fused-ring (bicyclic) bond motifs is 2. The number of amides is 2. The zero-order chi connectivity index (χ0) is 11.5. The van der Waals surface area contributed by atoms with E-state index in [-0.39, 0.29) is 28.5 Å². The van der Waals surface area contributed by atoms with Gasteiger partial charge in [-0.05, 0) is 17.7 Å². The summed E-state index contributed by atoms with van der Waals surface area (Å²) in [6, 6.07) is 0. The van der Waals surface area contributed by atoms with Crippen LogP contribution in [0.3, 0.4) is 0 Å². The van der Waals surface area contributed by atoms with E-state index in [2.05, 4.69) is 5.32 Å². The van der Waals surface area contributed by atoms with Crippen molar-refractivity contribution in [3.8, 4) is 0 Å². The Bertz CT molecular complexity index is 561. The van der Waals surface area contributed by atoms with Crippen LogP contribution >= 0.6 is 23.2 Å². The first-order valence-corrected chi connectivity index (χ1v) is 5.32.